The number of benzene rings is 1. The second-order valence-electron chi connectivity index (χ2n) is 10.8. The highest BCUT2D eigenvalue weighted by molar-refractivity contribution is 5.24. The van der Waals surface area contributed by atoms with Crippen molar-refractivity contribution in [2.24, 2.45) is 17.8 Å². The first-order valence-electron chi connectivity index (χ1n) is 12.4. The summed E-state index contributed by atoms with van der Waals surface area (Å²) in [5, 5.41) is 11.8. The van der Waals surface area contributed by atoms with Crippen LogP contribution in [-0.2, 0) is 10.3 Å². The van der Waals surface area contributed by atoms with Crippen molar-refractivity contribution in [3.8, 4) is 0 Å². The minimum absolute atomic E-state index is 0.340. The molecule has 5 fully saturated rings. The largest absolute Gasteiger partial charge is 0.382 e. The Kier molecular flexibility index (Phi) is 5.75. The van der Waals surface area contributed by atoms with Crippen molar-refractivity contribution < 1.29 is 14.3 Å². The Labute approximate surface area is 177 Å². The van der Waals surface area contributed by atoms with E-state index in [0.717, 1.165) is 24.3 Å². The van der Waals surface area contributed by atoms with Crippen LogP contribution in [0.15, 0.2) is 30.3 Å². The van der Waals surface area contributed by atoms with Gasteiger partial charge in [-0.3, -0.25) is 0 Å². The minimum atomic E-state index is -0.819. The molecule has 3 aliphatic heterocycles. The number of piperidine rings is 3. The Morgan fingerprint density at radius 2 is 1.55 bits per heavy atom. The molecule has 3 nitrogen and oxygen atoms in total. The number of nitrogens with zero attached hydrogens (tertiary/aromatic N) is 1. The maximum atomic E-state index is 11.8. The maximum Gasteiger partial charge on any atom is 0.116 e. The van der Waals surface area contributed by atoms with Gasteiger partial charge in [0.25, 0.3) is 0 Å². The zero-order valence-electron chi connectivity index (χ0n) is 18.1. The van der Waals surface area contributed by atoms with Crippen LogP contribution in [-0.4, -0.2) is 48.5 Å². The van der Waals surface area contributed by atoms with Gasteiger partial charge < -0.3 is 14.3 Å². The molecule has 1 N–H and O–H groups in total. The first kappa shape index (κ1) is 20.0. The molecule has 3 heterocycles. The fourth-order valence-electron chi connectivity index (χ4n) is 7.21. The van der Waals surface area contributed by atoms with E-state index in [9.17, 15) is 5.11 Å². The highest BCUT2D eigenvalue weighted by Gasteiger charge is 2.49. The van der Waals surface area contributed by atoms with E-state index in [1.165, 1.54) is 82.0 Å². The second kappa shape index (κ2) is 8.32. The summed E-state index contributed by atoms with van der Waals surface area (Å²) in [5.74, 6) is 2.00. The first-order chi connectivity index (χ1) is 14.2. The molecule has 0 amide bonds. The fourth-order valence-corrected chi connectivity index (χ4v) is 7.21. The van der Waals surface area contributed by atoms with Gasteiger partial charge >= 0.3 is 0 Å². The Morgan fingerprint density at radius 3 is 2.24 bits per heavy atom. The van der Waals surface area contributed by atoms with Gasteiger partial charge in [-0.25, -0.2) is 0 Å². The predicted octanol–water partition coefficient (Wildman–Crippen LogP) is 4.88. The molecule has 0 unspecified atom stereocenters. The normalized spacial score (nSPS) is 35.2. The van der Waals surface area contributed by atoms with Gasteiger partial charge in [-0.05, 0) is 37.2 Å². The van der Waals surface area contributed by atoms with Crippen LogP contribution >= 0.6 is 0 Å². The fraction of sp³-hybridized carbons (Fsp3) is 0.769. The molecule has 0 radical (unpaired) electrons. The van der Waals surface area contributed by atoms with Crippen LogP contribution in [0.3, 0.4) is 0 Å². The van der Waals surface area contributed by atoms with Crippen molar-refractivity contribution in [3.63, 3.8) is 0 Å². The Balaban J connectivity index is 1.28. The van der Waals surface area contributed by atoms with E-state index in [4.69, 9.17) is 4.74 Å². The molecular weight excluding hydrogens is 358 g/mol. The lowest BCUT2D eigenvalue weighted by Gasteiger charge is -2.53. The summed E-state index contributed by atoms with van der Waals surface area (Å²) in [6, 6.07) is 10.4. The molecule has 2 atom stereocenters. The van der Waals surface area contributed by atoms with Gasteiger partial charge in [0.05, 0.1) is 26.2 Å². The van der Waals surface area contributed by atoms with Crippen molar-refractivity contribution in [1.82, 2.24) is 0 Å². The third-order valence-electron chi connectivity index (χ3n) is 8.98. The lowest BCUT2D eigenvalue weighted by atomic mass is 9.79. The van der Waals surface area contributed by atoms with Crippen LogP contribution in [0.2, 0.25) is 0 Å². The molecule has 0 aromatic heterocycles. The van der Waals surface area contributed by atoms with Crippen molar-refractivity contribution in [2.75, 3.05) is 32.8 Å². The average molecular weight is 399 g/mol. The number of ether oxygens (including phenoxy) is 1. The average Bonchev–Trinajstić information content (AvgIpc) is 3.48. The zero-order chi connectivity index (χ0) is 19.7. The van der Waals surface area contributed by atoms with E-state index in [0.29, 0.717) is 24.5 Å². The highest BCUT2D eigenvalue weighted by atomic mass is 16.5. The van der Waals surface area contributed by atoms with Crippen LogP contribution in [0.4, 0.5) is 0 Å². The van der Waals surface area contributed by atoms with E-state index in [1.54, 1.807) is 0 Å². The number of rotatable bonds is 7. The van der Waals surface area contributed by atoms with Gasteiger partial charge in [-0.2, -0.15) is 0 Å². The molecule has 5 aliphatic rings. The molecule has 160 valence electrons. The molecular formula is C26H40NO2+. The summed E-state index contributed by atoms with van der Waals surface area (Å²) in [6.45, 7) is 5.79. The third kappa shape index (κ3) is 4.03. The number of quaternary nitrogens is 1. The Hall–Kier alpha value is -0.900. The summed E-state index contributed by atoms with van der Waals surface area (Å²) >= 11 is 0. The SMILES string of the molecule is O[C@@](CO[C@H]1C[N+]2(CC3CCCC3)CCC1CC2)(c1ccccc1)C1CCCC1. The predicted molar refractivity (Wildman–Crippen MR) is 116 cm³/mol. The zero-order valence-corrected chi connectivity index (χ0v) is 18.1. The van der Waals surface area contributed by atoms with Gasteiger partial charge in [0, 0.05) is 24.7 Å². The van der Waals surface area contributed by atoms with E-state index < -0.39 is 5.60 Å². The number of aliphatic hydroxyl groups is 1. The molecule has 29 heavy (non-hydrogen) atoms. The van der Waals surface area contributed by atoms with E-state index >= 15 is 0 Å². The van der Waals surface area contributed by atoms with Gasteiger partial charge in [0.15, 0.2) is 0 Å². The Bertz CT molecular complexity index is 657. The van der Waals surface area contributed by atoms with Crippen LogP contribution < -0.4 is 0 Å². The maximum absolute atomic E-state index is 11.8. The smallest absolute Gasteiger partial charge is 0.116 e. The van der Waals surface area contributed by atoms with E-state index in [1.807, 2.05) is 6.07 Å². The van der Waals surface area contributed by atoms with Crippen molar-refractivity contribution >= 4 is 0 Å². The molecule has 1 aromatic carbocycles. The third-order valence-corrected chi connectivity index (χ3v) is 8.98. The summed E-state index contributed by atoms with van der Waals surface area (Å²) in [6.07, 6.45) is 13.5. The lowest BCUT2D eigenvalue weighted by molar-refractivity contribution is -0.949. The van der Waals surface area contributed by atoms with E-state index in [-0.39, 0.29) is 0 Å². The number of hydrogen-bond donors (Lipinski definition) is 1. The number of fused-ring (bicyclic) bond motifs is 3. The molecule has 2 aliphatic carbocycles. The summed E-state index contributed by atoms with van der Waals surface area (Å²) in [4.78, 5) is 0. The molecule has 1 aromatic rings. The van der Waals surface area contributed by atoms with Crippen molar-refractivity contribution in [3.05, 3.63) is 35.9 Å². The van der Waals surface area contributed by atoms with Gasteiger partial charge in [0.1, 0.15) is 18.2 Å². The molecule has 6 rings (SSSR count). The van der Waals surface area contributed by atoms with Crippen molar-refractivity contribution in [2.45, 2.75) is 75.9 Å². The van der Waals surface area contributed by atoms with Gasteiger partial charge in [-0.15, -0.1) is 0 Å². The topological polar surface area (TPSA) is 29.5 Å². The van der Waals surface area contributed by atoms with Gasteiger partial charge in [0.2, 0.25) is 0 Å². The van der Waals surface area contributed by atoms with Crippen molar-refractivity contribution in [1.29, 1.82) is 0 Å². The van der Waals surface area contributed by atoms with Crippen LogP contribution in [0, 0.1) is 17.8 Å². The highest BCUT2D eigenvalue weighted by Crippen LogP contribution is 2.43. The number of hydrogen-bond acceptors (Lipinski definition) is 2. The summed E-state index contributed by atoms with van der Waals surface area (Å²) in [5.41, 5.74) is 0.239. The van der Waals surface area contributed by atoms with E-state index in [2.05, 4.69) is 24.3 Å². The second-order valence-corrected chi connectivity index (χ2v) is 10.8. The first-order valence-corrected chi connectivity index (χ1v) is 12.4. The molecule has 3 heteroatoms. The monoisotopic (exact) mass is 398 g/mol. The summed E-state index contributed by atoms with van der Waals surface area (Å²) in [7, 11) is 0. The van der Waals surface area contributed by atoms with Crippen LogP contribution in [0.25, 0.3) is 0 Å². The molecule has 3 saturated heterocycles. The molecule has 2 saturated carbocycles. The standard InChI is InChI=1S/C26H40NO2/c28-26(24-12-6-7-13-24,23-10-2-1-3-11-23)20-29-25-19-27(16-14-22(25)15-17-27)18-21-8-4-5-9-21/h1-3,10-11,21-22,24-25,28H,4-9,12-20H2/q+1/t22?,25-,26-,27?/m0/s1. The van der Waals surface area contributed by atoms with Crippen LogP contribution in [0.1, 0.15) is 69.8 Å². The van der Waals surface area contributed by atoms with Crippen LogP contribution in [0.5, 0.6) is 0 Å². The quantitative estimate of drug-likeness (QED) is 0.663. The Morgan fingerprint density at radius 1 is 0.897 bits per heavy atom. The van der Waals surface area contributed by atoms with Gasteiger partial charge in [-0.1, -0.05) is 56.0 Å². The summed E-state index contributed by atoms with van der Waals surface area (Å²) < 4.78 is 7.98. The molecule has 2 bridgehead atoms. The minimum Gasteiger partial charge on any atom is -0.382 e. The lowest BCUT2D eigenvalue weighted by Crippen LogP contribution is -2.65. The molecule has 0 spiro atoms.